The van der Waals surface area contributed by atoms with Crippen molar-refractivity contribution in [2.75, 3.05) is 13.6 Å². The average Bonchev–Trinajstić information content (AvgIpc) is 2.96. The number of carboxylic acid groups (broad SMARTS) is 1. The molecule has 0 aromatic heterocycles. The molecule has 0 heterocycles. The summed E-state index contributed by atoms with van der Waals surface area (Å²) in [4.78, 5) is 25.4. The van der Waals surface area contributed by atoms with Gasteiger partial charge in [-0.1, -0.05) is 42.7 Å². The Bertz CT molecular complexity index is 547. The smallest absolute Gasteiger partial charge is 0.303 e. The molecule has 0 atom stereocenters. The molecule has 1 amide bonds. The average molecular weight is 303 g/mol. The van der Waals surface area contributed by atoms with Gasteiger partial charge in [-0.05, 0) is 31.7 Å². The van der Waals surface area contributed by atoms with E-state index >= 15 is 0 Å². The summed E-state index contributed by atoms with van der Waals surface area (Å²) in [7, 11) is 1.79. The van der Waals surface area contributed by atoms with Gasteiger partial charge in [-0.15, -0.1) is 0 Å². The maximum Gasteiger partial charge on any atom is 0.303 e. The number of amides is 1. The second-order valence-electron chi connectivity index (χ2n) is 6.38. The fraction of sp³-hybridized carbons (Fsp3) is 0.556. The standard InChI is InChI=1S/C18H25NO3/c1-14-7-5-8-15(13-14)18(10-3-4-11-18)17(22)19(2)12-6-9-16(20)21/h5,7-8,13H,3-4,6,9-12H2,1-2H3,(H,20,21). The zero-order chi connectivity index (χ0) is 16.2. The van der Waals surface area contributed by atoms with Crippen molar-refractivity contribution in [1.29, 1.82) is 0 Å². The molecule has 2 rings (SSSR count). The van der Waals surface area contributed by atoms with Gasteiger partial charge in [-0.3, -0.25) is 9.59 Å². The minimum atomic E-state index is -0.810. The van der Waals surface area contributed by atoms with Crippen molar-refractivity contribution in [2.45, 2.75) is 50.9 Å². The summed E-state index contributed by atoms with van der Waals surface area (Å²) < 4.78 is 0. The first-order valence-electron chi connectivity index (χ1n) is 8.00. The van der Waals surface area contributed by atoms with Crippen molar-refractivity contribution < 1.29 is 14.7 Å². The lowest BCUT2D eigenvalue weighted by Crippen LogP contribution is -2.44. The van der Waals surface area contributed by atoms with Gasteiger partial charge in [-0.25, -0.2) is 0 Å². The lowest BCUT2D eigenvalue weighted by molar-refractivity contribution is -0.139. The van der Waals surface area contributed by atoms with Crippen LogP contribution in [-0.2, 0) is 15.0 Å². The predicted molar refractivity (Wildman–Crippen MR) is 85.8 cm³/mol. The highest BCUT2D eigenvalue weighted by molar-refractivity contribution is 5.88. The van der Waals surface area contributed by atoms with E-state index in [4.69, 9.17) is 5.11 Å². The number of benzene rings is 1. The maximum atomic E-state index is 13.0. The molecule has 1 aliphatic carbocycles. The van der Waals surface area contributed by atoms with Crippen LogP contribution in [0.5, 0.6) is 0 Å². The monoisotopic (exact) mass is 303 g/mol. The normalized spacial score (nSPS) is 16.5. The van der Waals surface area contributed by atoms with Crippen molar-refractivity contribution in [2.24, 2.45) is 0 Å². The zero-order valence-corrected chi connectivity index (χ0v) is 13.5. The van der Waals surface area contributed by atoms with E-state index in [0.717, 1.165) is 31.2 Å². The molecular weight excluding hydrogens is 278 g/mol. The Kier molecular flexibility index (Phi) is 5.22. The largest absolute Gasteiger partial charge is 0.481 e. The fourth-order valence-electron chi connectivity index (χ4n) is 3.48. The minimum absolute atomic E-state index is 0.106. The first-order chi connectivity index (χ1) is 10.5. The molecule has 0 unspecified atom stereocenters. The summed E-state index contributed by atoms with van der Waals surface area (Å²) in [6.07, 6.45) is 4.53. The van der Waals surface area contributed by atoms with Crippen LogP contribution in [0.4, 0.5) is 0 Å². The molecule has 1 aromatic rings. The van der Waals surface area contributed by atoms with Crippen LogP contribution in [0.25, 0.3) is 0 Å². The molecule has 120 valence electrons. The highest BCUT2D eigenvalue weighted by Crippen LogP contribution is 2.42. The van der Waals surface area contributed by atoms with Crippen LogP contribution in [0.1, 0.15) is 49.7 Å². The van der Waals surface area contributed by atoms with Crippen LogP contribution in [0, 0.1) is 6.92 Å². The summed E-state index contributed by atoms with van der Waals surface area (Å²) in [5.41, 5.74) is 1.87. The summed E-state index contributed by atoms with van der Waals surface area (Å²) in [6.45, 7) is 2.55. The van der Waals surface area contributed by atoms with Crippen molar-refractivity contribution in [1.82, 2.24) is 4.90 Å². The number of carbonyl (C=O) groups excluding carboxylic acids is 1. The molecule has 1 aliphatic rings. The maximum absolute atomic E-state index is 13.0. The summed E-state index contributed by atoms with van der Waals surface area (Å²) >= 11 is 0. The summed E-state index contributed by atoms with van der Waals surface area (Å²) in [5.74, 6) is -0.670. The zero-order valence-electron chi connectivity index (χ0n) is 13.5. The number of nitrogens with zero attached hydrogens (tertiary/aromatic N) is 1. The highest BCUT2D eigenvalue weighted by atomic mass is 16.4. The molecule has 0 aliphatic heterocycles. The van der Waals surface area contributed by atoms with Gasteiger partial charge in [-0.2, -0.15) is 0 Å². The molecule has 22 heavy (non-hydrogen) atoms. The lowest BCUT2D eigenvalue weighted by atomic mass is 9.77. The van der Waals surface area contributed by atoms with Crippen molar-refractivity contribution in [3.63, 3.8) is 0 Å². The van der Waals surface area contributed by atoms with E-state index in [1.165, 1.54) is 5.56 Å². The Morgan fingerprint density at radius 1 is 1.27 bits per heavy atom. The van der Waals surface area contributed by atoms with E-state index in [1.54, 1.807) is 11.9 Å². The number of carbonyl (C=O) groups is 2. The fourth-order valence-corrected chi connectivity index (χ4v) is 3.48. The number of aliphatic carboxylic acids is 1. The van der Waals surface area contributed by atoms with E-state index in [9.17, 15) is 9.59 Å². The Hall–Kier alpha value is -1.84. The first kappa shape index (κ1) is 16.5. The first-order valence-corrected chi connectivity index (χ1v) is 8.00. The number of rotatable bonds is 6. The molecule has 0 radical (unpaired) electrons. The third kappa shape index (κ3) is 3.49. The van der Waals surface area contributed by atoms with E-state index in [2.05, 4.69) is 12.1 Å². The summed E-state index contributed by atoms with van der Waals surface area (Å²) in [5, 5.41) is 8.73. The molecule has 0 bridgehead atoms. The van der Waals surface area contributed by atoms with E-state index in [0.29, 0.717) is 13.0 Å². The lowest BCUT2D eigenvalue weighted by Gasteiger charge is -2.33. The molecule has 1 saturated carbocycles. The topological polar surface area (TPSA) is 57.6 Å². The Balaban J connectivity index is 2.16. The Morgan fingerprint density at radius 2 is 1.95 bits per heavy atom. The van der Waals surface area contributed by atoms with Crippen molar-refractivity contribution >= 4 is 11.9 Å². The molecule has 1 N–H and O–H groups in total. The minimum Gasteiger partial charge on any atom is -0.481 e. The molecule has 4 heteroatoms. The van der Waals surface area contributed by atoms with Crippen LogP contribution in [0.2, 0.25) is 0 Å². The quantitative estimate of drug-likeness (QED) is 0.878. The number of likely N-dealkylation sites (N-methyl/N-ethyl adjacent to an activating group) is 1. The van der Waals surface area contributed by atoms with E-state index < -0.39 is 11.4 Å². The third-order valence-electron chi connectivity index (χ3n) is 4.67. The van der Waals surface area contributed by atoms with Crippen LogP contribution >= 0.6 is 0 Å². The second kappa shape index (κ2) is 6.95. The van der Waals surface area contributed by atoms with Crippen molar-refractivity contribution in [3.8, 4) is 0 Å². The predicted octanol–water partition coefficient (Wildman–Crippen LogP) is 3.13. The van der Waals surface area contributed by atoms with Crippen LogP contribution < -0.4 is 0 Å². The van der Waals surface area contributed by atoms with Gasteiger partial charge in [0.05, 0.1) is 5.41 Å². The molecule has 0 spiro atoms. The van der Waals surface area contributed by atoms with Crippen LogP contribution in [0.3, 0.4) is 0 Å². The van der Waals surface area contributed by atoms with E-state index in [-0.39, 0.29) is 12.3 Å². The molecule has 1 fully saturated rings. The SMILES string of the molecule is Cc1cccc(C2(C(=O)N(C)CCCC(=O)O)CCCC2)c1. The molecule has 0 saturated heterocycles. The van der Waals surface area contributed by atoms with Gasteiger partial charge in [0.15, 0.2) is 0 Å². The van der Waals surface area contributed by atoms with Gasteiger partial charge in [0.1, 0.15) is 0 Å². The van der Waals surface area contributed by atoms with E-state index in [1.807, 2.05) is 19.1 Å². The molecule has 1 aromatic carbocycles. The number of carboxylic acids is 1. The van der Waals surface area contributed by atoms with Crippen molar-refractivity contribution in [3.05, 3.63) is 35.4 Å². The van der Waals surface area contributed by atoms with Gasteiger partial charge >= 0.3 is 5.97 Å². The van der Waals surface area contributed by atoms with Crippen LogP contribution in [0.15, 0.2) is 24.3 Å². The van der Waals surface area contributed by atoms with Gasteiger partial charge in [0.25, 0.3) is 0 Å². The molecule has 4 nitrogen and oxygen atoms in total. The number of aryl methyl sites for hydroxylation is 1. The highest BCUT2D eigenvalue weighted by Gasteiger charge is 2.44. The van der Waals surface area contributed by atoms with Crippen LogP contribution in [-0.4, -0.2) is 35.5 Å². The van der Waals surface area contributed by atoms with Gasteiger partial charge in [0.2, 0.25) is 5.91 Å². The van der Waals surface area contributed by atoms with Gasteiger partial charge < -0.3 is 10.0 Å². The Morgan fingerprint density at radius 3 is 2.55 bits per heavy atom. The third-order valence-corrected chi connectivity index (χ3v) is 4.67. The number of hydrogen-bond donors (Lipinski definition) is 1. The number of hydrogen-bond acceptors (Lipinski definition) is 2. The Labute approximate surface area is 132 Å². The summed E-state index contributed by atoms with van der Waals surface area (Å²) in [6, 6.07) is 8.24. The second-order valence-corrected chi connectivity index (χ2v) is 6.38. The molecular formula is C18H25NO3. The van der Waals surface area contributed by atoms with Gasteiger partial charge in [0, 0.05) is 20.0 Å².